The van der Waals surface area contributed by atoms with Gasteiger partial charge in [-0.1, -0.05) is 18.1 Å². The average Bonchev–Trinajstić information content (AvgIpc) is 2.22. The van der Waals surface area contributed by atoms with Crippen LogP contribution >= 0.6 is 0 Å². The normalized spacial score (nSPS) is 12.5. The third-order valence-corrected chi connectivity index (χ3v) is 2.54. The highest BCUT2D eigenvalue weighted by Gasteiger charge is 2.08. The maximum Gasteiger partial charge on any atom is 0.123 e. The fourth-order valence-electron chi connectivity index (χ4n) is 1.42. The topological polar surface area (TPSA) is 3.24 Å². The maximum atomic E-state index is 12.7. The number of hydrogen-bond acceptors (Lipinski definition) is 1. The van der Waals surface area contributed by atoms with Gasteiger partial charge in [0.15, 0.2) is 0 Å². The number of hydrogen-bond donors (Lipinski definition) is 0. The summed E-state index contributed by atoms with van der Waals surface area (Å²) < 4.78 is 12.7. The van der Waals surface area contributed by atoms with Gasteiger partial charge in [-0.2, -0.15) is 0 Å². The van der Waals surface area contributed by atoms with Gasteiger partial charge in [0.05, 0.1) is 6.54 Å². The van der Waals surface area contributed by atoms with E-state index in [1.165, 1.54) is 12.1 Å². The molecule has 0 fully saturated rings. The van der Waals surface area contributed by atoms with E-state index in [2.05, 4.69) is 17.7 Å². The molecule has 0 aromatic heterocycles. The van der Waals surface area contributed by atoms with Crippen molar-refractivity contribution >= 4 is 0 Å². The van der Waals surface area contributed by atoms with Gasteiger partial charge in [-0.3, -0.25) is 4.90 Å². The van der Waals surface area contributed by atoms with Crippen LogP contribution in [-0.2, 0) is 6.42 Å². The van der Waals surface area contributed by atoms with Gasteiger partial charge < -0.3 is 0 Å². The first kappa shape index (κ1) is 11.7. The van der Waals surface area contributed by atoms with Gasteiger partial charge in [-0.25, -0.2) is 4.39 Å². The predicted molar refractivity (Wildman–Crippen MR) is 61.0 cm³/mol. The van der Waals surface area contributed by atoms with Crippen LogP contribution in [0.2, 0.25) is 0 Å². The first-order chi connectivity index (χ1) is 7.13. The Morgan fingerprint density at radius 3 is 2.53 bits per heavy atom. The van der Waals surface area contributed by atoms with Crippen molar-refractivity contribution < 1.29 is 4.39 Å². The number of halogens is 1. The van der Waals surface area contributed by atoms with Gasteiger partial charge in [-0.15, -0.1) is 6.42 Å². The van der Waals surface area contributed by atoms with Gasteiger partial charge in [0.1, 0.15) is 5.82 Å². The summed E-state index contributed by atoms with van der Waals surface area (Å²) in [5.74, 6) is 2.42. The lowest BCUT2D eigenvalue weighted by Crippen LogP contribution is -2.31. The van der Waals surface area contributed by atoms with E-state index in [9.17, 15) is 4.39 Å². The molecule has 0 radical (unpaired) electrons. The van der Waals surface area contributed by atoms with Crippen LogP contribution in [0.15, 0.2) is 24.3 Å². The lowest BCUT2D eigenvalue weighted by molar-refractivity contribution is 0.287. The molecular formula is C13H16FN. The van der Waals surface area contributed by atoms with Crippen LogP contribution in [0.3, 0.4) is 0 Å². The highest BCUT2D eigenvalue weighted by Crippen LogP contribution is 2.08. The fourth-order valence-corrected chi connectivity index (χ4v) is 1.42. The van der Waals surface area contributed by atoms with Crippen LogP contribution < -0.4 is 0 Å². The Bertz CT molecular complexity index is 337. The summed E-state index contributed by atoms with van der Waals surface area (Å²) in [5, 5.41) is 0. The Balaban J connectivity index is 2.55. The number of benzene rings is 1. The van der Waals surface area contributed by atoms with Crippen LogP contribution in [0.25, 0.3) is 0 Å². The van der Waals surface area contributed by atoms with Crippen LogP contribution in [0.1, 0.15) is 12.5 Å². The largest absolute Gasteiger partial charge is 0.292 e. The highest BCUT2D eigenvalue weighted by molar-refractivity contribution is 5.17. The summed E-state index contributed by atoms with van der Waals surface area (Å²) >= 11 is 0. The molecule has 80 valence electrons. The molecule has 0 N–H and O–H groups in total. The number of terminal acetylenes is 1. The molecule has 0 aliphatic rings. The molecule has 0 unspecified atom stereocenters. The summed E-state index contributed by atoms with van der Waals surface area (Å²) in [5.41, 5.74) is 1.13. The summed E-state index contributed by atoms with van der Waals surface area (Å²) in [6.45, 7) is 2.75. The Labute approximate surface area is 90.9 Å². The third-order valence-electron chi connectivity index (χ3n) is 2.54. The van der Waals surface area contributed by atoms with Crippen LogP contribution in [-0.4, -0.2) is 24.5 Å². The molecule has 2 heteroatoms. The zero-order chi connectivity index (χ0) is 11.3. The molecule has 0 bridgehead atoms. The van der Waals surface area contributed by atoms with E-state index in [0.717, 1.165) is 12.0 Å². The zero-order valence-electron chi connectivity index (χ0n) is 9.20. The van der Waals surface area contributed by atoms with Crippen molar-refractivity contribution in [1.29, 1.82) is 0 Å². The number of likely N-dealkylation sites (N-methyl/N-ethyl adjacent to an activating group) is 1. The molecule has 0 spiro atoms. The molecule has 1 aromatic rings. The third kappa shape index (κ3) is 3.73. The summed E-state index contributed by atoms with van der Waals surface area (Å²) in [4.78, 5) is 2.10. The van der Waals surface area contributed by atoms with Crippen molar-refractivity contribution in [2.75, 3.05) is 13.6 Å². The van der Waals surface area contributed by atoms with E-state index < -0.39 is 0 Å². The Morgan fingerprint density at radius 1 is 1.40 bits per heavy atom. The molecule has 15 heavy (non-hydrogen) atoms. The van der Waals surface area contributed by atoms with Crippen LogP contribution in [0.4, 0.5) is 4.39 Å². The smallest absolute Gasteiger partial charge is 0.123 e. The Kier molecular flexibility index (Phi) is 4.33. The van der Waals surface area contributed by atoms with E-state index in [1.54, 1.807) is 0 Å². The van der Waals surface area contributed by atoms with E-state index in [-0.39, 0.29) is 5.82 Å². The number of nitrogens with zero attached hydrogens (tertiary/aromatic N) is 1. The molecule has 1 rings (SSSR count). The lowest BCUT2D eigenvalue weighted by Gasteiger charge is -2.22. The molecule has 0 aliphatic heterocycles. The lowest BCUT2D eigenvalue weighted by atomic mass is 10.0. The molecule has 0 amide bonds. The Morgan fingerprint density at radius 2 is 2.00 bits per heavy atom. The monoisotopic (exact) mass is 204 g/mol. The molecule has 1 nitrogen and oxygen atoms in total. The minimum Gasteiger partial charge on any atom is -0.292 e. The van der Waals surface area contributed by atoms with Crippen molar-refractivity contribution in [3.63, 3.8) is 0 Å². The second-order valence-electron chi connectivity index (χ2n) is 3.80. The first-order valence-electron chi connectivity index (χ1n) is 5.01. The van der Waals surface area contributed by atoms with Gasteiger partial charge in [0.25, 0.3) is 0 Å². The standard InChI is InChI=1S/C13H16FN/c1-4-9-15(3)11(2)10-12-5-7-13(14)8-6-12/h1,5-8,11H,9-10H2,2-3H3/t11-/m0/s1/i3-1. The van der Waals surface area contributed by atoms with Crippen molar-refractivity contribution in [2.45, 2.75) is 19.4 Å². The zero-order valence-corrected chi connectivity index (χ0v) is 9.20. The van der Waals surface area contributed by atoms with Crippen molar-refractivity contribution in [3.05, 3.63) is 35.6 Å². The van der Waals surface area contributed by atoms with Crippen molar-refractivity contribution in [1.82, 2.24) is 4.90 Å². The predicted octanol–water partition coefficient (Wildman–Crippen LogP) is 2.32. The molecular weight excluding hydrogens is 188 g/mol. The molecule has 1 atom stereocenters. The van der Waals surface area contributed by atoms with E-state index in [1.807, 2.05) is 19.2 Å². The molecule has 0 aliphatic carbocycles. The minimum atomic E-state index is -0.191. The first-order valence-corrected chi connectivity index (χ1v) is 5.01. The van der Waals surface area contributed by atoms with Crippen molar-refractivity contribution in [3.8, 4) is 12.3 Å². The summed E-state index contributed by atoms with van der Waals surface area (Å²) in [7, 11) is 1.99. The van der Waals surface area contributed by atoms with Crippen molar-refractivity contribution in [2.24, 2.45) is 0 Å². The molecule has 0 saturated carbocycles. The van der Waals surface area contributed by atoms with E-state index in [4.69, 9.17) is 6.42 Å². The van der Waals surface area contributed by atoms with E-state index in [0.29, 0.717) is 12.6 Å². The van der Waals surface area contributed by atoms with Crippen LogP contribution in [0.5, 0.6) is 0 Å². The molecule has 0 saturated heterocycles. The second-order valence-corrected chi connectivity index (χ2v) is 3.80. The van der Waals surface area contributed by atoms with Gasteiger partial charge in [0, 0.05) is 6.04 Å². The maximum absolute atomic E-state index is 12.7. The van der Waals surface area contributed by atoms with Crippen LogP contribution in [0, 0.1) is 18.2 Å². The Hall–Kier alpha value is -1.33. The minimum absolute atomic E-state index is 0.191. The molecule has 0 heterocycles. The quantitative estimate of drug-likeness (QED) is 0.680. The second kappa shape index (κ2) is 5.53. The van der Waals surface area contributed by atoms with Gasteiger partial charge in [-0.05, 0) is 38.1 Å². The molecule has 1 aromatic carbocycles. The summed E-state index contributed by atoms with van der Waals surface area (Å²) in [6, 6.07) is 6.98. The SMILES string of the molecule is C#CCN([11CH3])[C@@H](C)Cc1ccc(F)cc1. The van der Waals surface area contributed by atoms with Gasteiger partial charge >= 0.3 is 0 Å². The average molecular weight is 204 g/mol. The fraction of sp³-hybridized carbons (Fsp3) is 0.385. The van der Waals surface area contributed by atoms with E-state index >= 15 is 0 Å². The van der Waals surface area contributed by atoms with Gasteiger partial charge in [0.2, 0.25) is 0 Å². The number of rotatable bonds is 4. The highest BCUT2D eigenvalue weighted by atomic mass is 19.1. The summed E-state index contributed by atoms with van der Waals surface area (Å²) in [6.07, 6.45) is 6.13.